The largest absolute Gasteiger partial charge is 0.488 e. The summed E-state index contributed by atoms with van der Waals surface area (Å²) in [5.74, 6) is -1.97. The van der Waals surface area contributed by atoms with Crippen molar-refractivity contribution in [3.05, 3.63) is 68.8 Å². The van der Waals surface area contributed by atoms with E-state index in [2.05, 4.69) is 15.9 Å². The monoisotopic (exact) mass is 465 g/mol. The third kappa shape index (κ3) is 4.60. The van der Waals surface area contributed by atoms with Crippen LogP contribution in [-0.2, 0) is 16.2 Å². The van der Waals surface area contributed by atoms with Gasteiger partial charge >= 0.3 is 5.97 Å². The van der Waals surface area contributed by atoms with E-state index in [0.29, 0.717) is 38.0 Å². The lowest BCUT2D eigenvalue weighted by molar-refractivity contribution is -0.140. The molecule has 1 aliphatic rings. The average molecular weight is 466 g/mol. The molecule has 28 heavy (non-hydrogen) atoms. The van der Waals surface area contributed by atoms with Crippen LogP contribution in [0.4, 0.5) is 9.18 Å². The summed E-state index contributed by atoms with van der Waals surface area (Å²) in [6, 6.07) is 11.3. The van der Waals surface area contributed by atoms with Gasteiger partial charge in [-0.1, -0.05) is 34.1 Å². The Labute approximate surface area is 172 Å². The topological polar surface area (TPSA) is 83.9 Å². The van der Waals surface area contributed by atoms with Gasteiger partial charge in [0.2, 0.25) is 0 Å². The summed E-state index contributed by atoms with van der Waals surface area (Å²) in [6.07, 6.45) is 1.45. The standard InChI is InChI=1S/C19H13BrFNO5S/c20-13-5-6-15(27-10-11-3-1-2-4-14(11)21)12(7-13)8-16-18(25)22(9-17(23)24)19(26)28-16/h1-8H,9-10H2,(H,23,24)/b16-8-. The van der Waals surface area contributed by atoms with Gasteiger partial charge < -0.3 is 9.84 Å². The van der Waals surface area contributed by atoms with E-state index in [9.17, 15) is 18.8 Å². The van der Waals surface area contributed by atoms with E-state index < -0.39 is 29.5 Å². The third-order valence-corrected chi connectivity index (χ3v) is 5.17. The maximum Gasteiger partial charge on any atom is 0.323 e. The zero-order valence-electron chi connectivity index (χ0n) is 14.2. The van der Waals surface area contributed by atoms with Crippen LogP contribution in [0, 0.1) is 5.82 Å². The molecule has 2 aromatic carbocycles. The Morgan fingerprint density at radius 1 is 1.25 bits per heavy atom. The number of carboxylic acids is 1. The van der Waals surface area contributed by atoms with Crippen LogP contribution in [0.15, 0.2) is 51.8 Å². The van der Waals surface area contributed by atoms with Gasteiger partial charge in [-0.05, 0) is 42.1 Å². The molecule has 0 aliphatic carbocycles. The summed E-state index contributed by atoms with van der Waals surface area (Å²) < 4.78 is 20.2. The molecular weight excluding hydrogens is 453 g/mol. The van der Waals surface area contributed by atoms with Gasteiger partial charge in [-0.2, -0.15) is 0 Å². The number of hydrogen-bond donors (Lipinski definition) is 1. The minimum atomic E-state index is -1.28. The van der Waals surface area contributed by atoms with Gasteiger partial charge in [0.25, 0.3) is 11.1 Å². The van der Waals surface area contributed by atoms with Gasteiger partial charge in [0, 0.05) is 15.6 Å². The smallest absolute Gasteiger partial charge is 0.323 e. The summed E-state index contributed by atoms with van der Waals surface area (Å²) in [5, 5.41) is 8.18. The predicted octanol–water partition coefficient (Wildman–Crippen LogP) is 4.29. The Morgan fingerprint density at radius 3 is 2.71 bits per heavy atom. The SMILES string of the molecule is O=C(O)CN1C(=O)S/C(=C\c2cc(Br)ccc2OCc2ccccc2F)C1=O. The van der Waals surface area contributed by atoms with Crippen molar-refractivity contribution in [2.75, 3.05) is 6.54 Å². The van der Waals surface area contributed by atoms with E-state index in [4.69, 9.17) is 9.84 Å². The number of aliphatic carboxylic acids is 1. The van der Waals surface area contributed by atoms with Crippen molar-refractivity contribution < 1.29 is 28.6 Å². The van der Waals surface area contributed by atoms with E-state index in [0.717, 1.165) is 0 Å². The number of ether oxygens (including phenoxy) is 1. The van der Waals surface area contributed by atoms with Crippen molar-refractivity contribution >= 4 is 50.9 Å². The first-order valence-electron chi connectivity index (χ1n) is 7.98. The van der Waals surface area contributed by atoms with Crippen molar-refractivity contribution in [3.8, 4) is 5.75 Å². The average Bonchev–Trinajstić information content (AvgIpc) is 2.89. The summed E-state index contributed by atoms with van der Waals surface area (Å²) in [6.45, 7) is -0.716. The molecule has 0 saturated carbocycles. The molecule has 0 atom stereocenters. The molecule has 0 spiro atoms. The van der Waals surface area contributed by atoms with Crippen molar-refractivity contribution in [3.63, 3.8) is 0 Å². The molecule has 2 amide bonds. The molecule has 0 radical (unpaired) electrons. The minimum Gasteiger partial charge on any atom is -0.488 e. The molecule has 0 aromatic heterocycles. The number of carboxylic acid groups (broad SMARTS) is 1. The summed E-state index contributed by atoms with van der Waals surface area (Å²) >= 11 is 3.99. The predicted molar refractivity (Wildman–Crippen MR) is 105 cm³/mol. The van der Waals surface area contributed by atoms with E-state index in [1.54, 1.807) is 36.4 Å². The molecule has 9 heteroatoms. The highest BCUT2D eigenvalue weighted by molar-refractivity contribution is 9.10. The first-order valence-corrected chi connectivity index (χ1v) is 9.59. The second-order valence-electron chi connectivity index (χ2n) is 5.72. The van der Waals surface area contributed by atoms with Gasteiger partial charge in [-0.25, -0.2) is 4.39 Å². The number of hydrogen-bond acceptors (Lipinski definition) is 5. The van der Waals surface area contributed by atoms with Gasteiger partial charge in [0.05, 0.1) is 4.91 Å². The van der Waals surface area contributed by atoms with E-state index in [1.165, 1.54) is 12.1 Å². The van der Waals surface area contributed by atoms with Gasteiger partial charge in [0.15, 0.2) is 0 Å². The fourth-order valence-electron chi connectivity index (χ4n) is 2.45. The molecule has 1 fully saturated rings. The maximum atomic E-state index is 13.8. The zero-order valence-corrected chi connectivity index (χ0v) is 16.6. The molecule has 1 heterocycles. The Balaban J connectivity index is 1.86. The number of halogens is 2. The van der Waals surface area contributed by atoms with Crippen molar-refractivity contribution in [2.24, 2.45) is 0 Å². The lowest BCUT2D eigenvalue weighted by Crippen LogP contribution is -2.33. The Kier molecular flexibility index (Phi) is 6.15. The molecule has 1 aliphatic heterocycles. The molecule has 6 nitrogen and oxygen atoms in total. The van der Waals surface area contributed by atoms with Crippen LogP contribution < -0.4 is 4.74 Å². The van der Waals surface area contributed by atoms with Crippen molar-refractivity contribution in [2.45, 2.75) is 6.61 Å². The fourth-order valence-corrected chi connectivity index (χ4v) is 3.66. The van der Waals surface area contributed by atoms with Crippen LogP contribution in [-0.4, -0.2) is 33.7 Å². The number of benzene rings is 2. The molecule has 0 unspecified atom stereocenters. The molecular formula is C19H13BrFNO5S. The normalized spacial score (nSPS) is 15.4. The lowest BCUT2D eigenvalue weighted by Gasteiger charge is -2.11. The second kappa shape index (κ2) is 8.57. The third-order valence-electron chi connectivity index (χ3n) is 3.77. The molecule has 0 bridgehead atoms. The van der Waals surface area contributed by atoms with Gasteiger partial charge in [0.1, 0.15) is 24.7 Å². The number of carbonyl (C=O) groups excluding carboxylic acids is 2. The first-order chi connectivity index (χ1) is 13.3. The van der Waals surface area contributed by atoms with Crippen LogP contribution in [0.25, 0.3) is 6.08 Å². The number of amides is 2. The first kappa shape index (κ1) is 20.1. The Bertz CT molecular complexity index is 994. The number of thioether (sulfide) groups is 1. The summed E-state index contributed by atoms with van der Waals surface area (Å²) in [7, 11) is 0. The maximum absolute atomic E-state index is 13.8. The van der Waals surface area contributed by atoms with E-state index >= 15 is 0 Å². The van der Waals surface area contributed by atoms with Crippen LogP contribution in [0.1, 0.15) is 11.1 Å². The lowest BCUT2D eigenvalue weighted by atomic mass is 10.1. The van der Waals surface area contributed by atoms with Gasteiger partial charge in [-0.3, -0.25) is 19.3 Å². The van der Waals surface area contributed by atoms with Crippen LogP contribution in [0.5, 0.6) is 5.75 Å². The quantitative estimate of drug-likeness (QED) is 0.640. The van der Waals surface area contributed by atoms with Crippen LogP contribution in [0.2, 0.25) is 0 Å². The van der Waals surface area contributed by atoms with Gasteiger partial charge in [-0.15, -0.1) is 0 Å². The highest BCUT2D eigenvalue weighted by Gasteiger charge is 2.36. The second-order valence-corrected chi connectivity index (χ2v) is 7.63. The zero-order chi connectivity index (χ0) is 20.3. The van der Waals surface area contributed by atoms with Crippen LogP contribution in [0.3, 0.4) is 0 Å². The highest BCUT2D eigenvalue weighted by atomic mass is 79.9. The number of rotatable bonds is 6. The molecule has 3 rings (SSSR count). The number of imide groups is 1. The minimum absolute atomic E-state index is 0.0182. The van der Waals surface area contributed by atoms with Crippen molar-refractivity contribution in [1.82, 2.24) is 4.90 Å². The number of carbonyl (C=O) groups is 3. The Hall–Kier alpha value is -2.65. The molecule has 144 valence electrons. The van der Waals surface area contributed by atoms with Crippen molar-refractivity contribution in [1.29, 1.82) is 0 Å². The van der Waals surface area contributed by atoms with E-state index in [-0.39, 0.29) is 11.5 Å². The highest BCUT2D eigenvalue weighted by Crippen LogP contribution is 2.35. The summed E-state index contributed by atoms with van der Waals surface area (Å²) in [4.78, 5) is 35.8. The molecule has 1 N–H and O–H groups in total. The number of nitrogens with zero attached hydrogens (tertiary/aromatic N) is 1. The molecule has 1 saturated heterocycles. The molecule has 2 aromatic rings. The van der Waals surface area contributed by atoms with E-state index in [1.807, 2.05) is 0 Å². The fraction of sp³-hybridized carbons (Fsp3) is 0.105. The Morgan fingerprint density at radius 2 is 2.00 bits per heavy atom. The summed E-state index contributed by atoms with van der Waals surface area (Å²) in [5.41, 5.74) is 0.865. The van der Waals surface area contributed by atoms with Crippen LogP contribution >= 0.6 is 27.7 Å².